The van der Waals surface area contributed by atoms with Crippen LogP contribution in [0.25, 0.3) is 11.1 Å². The number of piperidine rings is 1. The molecule has 28 heavy (non-hydrogen) atoms. The number of fused-ring (bicyclic) bond motifs is 2. The molecule has 0 aromatic heterocycles. The molecule has 6 heteroatoms. The number of rotatable bonds is 4. The lowest BCUT2D eigenvalue weighted by Gasteiger charge is -2.28. The largest absolute Gasteiger partial charge is 0.449 e. The van der Waals surface area contributed by atoms with Gasteiger partial charge in [-0.05, 0) is 61.8 Å². The fraction of sp³-hybridized carbons (Fsp3) is 0.409. The average molecular weight is 403 g/mol. The van der Waals surface area contributed by atoms with Crippen LogP contribution in [0.1, 0.15) is 31.2 Å². The van der Waals surface area contributed by atoms with E-state index in [1.54, 1.807) is 12.1 Å². The van der Waals surface area contributed by atoms with E-state index >= 15 is 0 Å². The Bertz CT molecular complexity index is 877. The third-order valence-electron chi connectivity index (χ3n) is 5.75. The molecule has 2 unspecified atom stereocenters. The number of hydrogen-bond acceptors (Lipinski definition) is 3. The highest BCUT2D eigenvalue weighted by Gasteiger charge is 2.33. The number of carbonyl (C=O) groups excluding carboxylic acids is 1. The summed E-state index contributed by atoms with van der Waals surface area (Å²) in [4.78, 5) is 12.5. The molecule has 2 saturated heterocycles. The molecule has 2 aliphatic heterocycles. The highest BCUT2D eigenvalue weighted by atomic mass is 35.5. The van der Waals surface area contributed by atoms with Crippen LogP contribution in [0.2, 0.25) is 5.02 Å². The molecule has 1 amide bonds. The lowest BCUT2D eigenvalue weighted by atomic mass is 9.93. The van der Waals surface area contributed by atoms with Gasteiger partial charge in [0, 0.05) is 17.6 Å². The number of amides is 1. The summed E-state index contributed by atoms with van der Waals surface area (Å²) in [5, 5.41) is 6.52. The zero-order valence-electron chi connectivity index (χ0n) is 15.8. The standard InChI is InChI=1S/C22H24ClFN2O2/c1-13-3-2-4-18(15-5-8-20(24)19(23)11-15)21(13)26-22(27)28-12-14-9-16-6-7-17(10-14)25-16/h2-5,8,11,14,16-17,25H,6-7,9-10,12H2,1H3,(H,26,27). The second kappa shape index (κ2) is 8.10. The molecule has 148 valence electrons. The Labute approximate surface area is 169 Å². The van der Waals surface area contributed by atoms with Crippen LogP contribution in [-0.4, -0.2) is 24.8 Å². The molecule has 2 heterocycles. The van der Waals surface area contributed by atoms with E-state index in [1.807, 2.05) is 25.1 Å². The minimum absolute atomic E-state index is 0.0491. The first-order valence-electron chi connectivity index (χ1n) is 9.74. The Hall–Kier alpha value is -2.11. The summed E-state index contributed by atoms with van der Waals surface area (Å²) in [5.74, 6) is -0.0559. The first-order chi connectivity index (χ1) is 13.5. The first kappa shape index (κ1) is 19.2. The number of hydrogen-bond donors (Lipinski definition) is 2. The minimum atomic E-state index is -0.470. The van der Waals surface area contributed by atoms with Crippen LogP contribution in [0.4, 0.5) is 14.9 Å². The number of para-hydroxylation sites is 1. The Morgan fingerprint density at radius 1 is 1.25 bits per heavy atom. The first-order valence-corrected chi connectivity index (χ1v) is 10.1. The molecule has 2 bridgehead atoms. The summed E-state index contributed by atoms with van der Waals surface area (Å²) in [6, 6.07) is 11.4. The Balaban J connectivity index is 1.45. The van der Waals surface area contributed by atoms with Gasteiger partial charge in [-0.25, -0.2) is 9.18 Å². The van der Waals surface area contributed by atoms with E-state index in [2.05, 4.69) is 10.6 Å². The Morgan fingerprint density at radius 2 is 2.00 bits per heavy atom. The van der Waals surface area contributed by atoms with Gasteiger partial charge < -0.3 is 10.1 Å². The lowest BCUT2D eigenvalue weighted by molar-refractivity contribution is 0.122. The monoisotopic (exact) mass is 402 g/mol. The van der Waals surface area contributed by atoms with E-state index in [9.17, 15) is 9.18 Å². The summed E-state index contributed by atoms with van der Waals surface area (Å²) in [7, 11) is 0. The van der Waals surface area contributed by atoms with E-state index in [1.165, 1.54) is 18.9 Å². The maximum absolute atomic E-state index is 13.5. The van der Waals surface area contributed by atoms with Crippen molar-refractivity contribution in [2.24, 2.45) is 5.92 Å². The van der Waals surface area contributed by atoms with Crippen LogP contribution in [0.3, 0.4) is 0 Å². The minimum Gasteiger partial charge on any atom is -0.449 e. The van der Waals surface area contributed by atoms with Crippen molar-refractivity contribution < 1.29 is 13.9 Å². The molecule has 2 atom stereocenters. The summed E-state index contributed by atoms with van der Waals surface area (Å²) in [6.07, 6.45) is 4.11. The van der Waals surface area contributed by atoms with Gasteiger partial charge in [-0.3, -0.25) is 5.32 Å². The van der Waals surface area contributed by atoms with E-state index < -0.39 is 11.9 Å². The van der Waals surface area contributed by atoms with Gasteiger partial charge >= 0.3 is 6.09 Å². The predicted molar refractivity (Wildman–Crippen MR) is 109 cm³/mol. The van der Waals surface area contributed by atoms with Crippen LogP contribution in [0, 0.1) is 18.7 Å². The third kappa shape index (κ3) is 4.15. The quantitative estimate of drug-likeness (QED) is 0.706. The second-order valence-corrected chi connectivity index (χ2v) is 8.23. The van der Waals surface area contributed by atoms with Crippen molar-refractivity contribution in [2.45, 2.75) is 44.7 Å². The van der Waals surface area contributed by atoms with Gasteiger partial charge in [0.1, 0.15) is 5.82 Å². The molecular formula is C22H24ClFN2O2. The van der Waals surface area contributed by atoms with Crippen molar-refractivity contribution in [2.75, 3.05) is 11.9 Å². The summed E-state index contributed by atoms with van der Waals surface area (Å²) in [6.45, 7) is 2.35. The van der Waals surface area contributed by atoms with Crippen molar-refractivity contribution in [3.05, 3.63) is 52.8 Å². The lowest BCUT2D eigenvalue weighted by Crippen LogP contribution is -2.39. The summed E-state index contributed by atoms with van der Waals surface area (Å²) < 4.78 is 19.0. The molecule has 2 fully saturated rings. The number of ether oxygens (including phenoxy) is 1. The van der Waals surface area contributed by atoms with Gasteiger partial charge in [-0.1, -0.05) is 35.9 Å². The van der Waals surface area contributed by atoms with Gasteiger partial charge in [0.15, 0.2) is 0 Å². The molecule has 0 saturated carbocycles. The van der Waals surface area contributed by atoms with Gasteiger partial charge in [-0.15, -0.1) is 0 Å². The molecule has 0 radical (unpaired) electrons. The second-order valence-electron chi connectivity index (χ2n) is 7.83. The third-order valence-corrected chi connectivity index (χ3v) is 6.04. The molecule has 2 N–H and O–H groups in total. The van der Waals surface area contributed by atoms with Gasteiger partial charge in [0.05, 0.1) is 17.3 Å². The molecule has 2 aromatic carbocycles. The summed E-state index contributed by atoms with van der Waals surface area (Å²) >= 11 is 5.93. The van der Waals surface area contributed by atoms with Gasteiger partial charge in [0.25, 0.3) is 0 Å². The number of halogens is 2. The maximum atomic E-state index is 13.5. The average Bonchev–Trinajstić information content (AvgIpc) is 3.02. The molecule has 2 aromatic rings. The summed E-state index contributed by atoms with van der Waals surface area (Å²) in [5.41, 5.74) is 3.06. The van der Waals surface area contributed by atoms with Crippen molar-refractivity contribution in [3.63, 3.8) is 0 Å². The van der Waals surface area contributed by atoms with E-state index in [0.29, 0.717) is 30.3 Å². The number of anilines is 1. The van der Waals surface area contributed by atoms with Crippen LogP contribution in [0.5, 0.6) is 0 Å². The molecule has 4 rings (SSSR count). The fourth-order valence-corrected chi connectivity index (χ4v) is 4.56. The van der Waals surface area contributed by atoms with Crippen LogP contribution in [0.15, 0.2) is 36.4 Å². The molecule has 4 nitrogen and oxygen atoms in total. The Morgan fingerprint density at radius 3 is 2.71 bits per heavy atom. The van der Waals surface area contributed by atoms with Crippen LogP contribution < -0.4 is 10.6 Å². The fourth-order valence-electron chi connectivity index (χ4n) is 4.38. The highest BCUT2D eigenvalue weighted by molar-refractivity contribution is 6.31. The number of nitrogens with one attached hydrogen (secondary N) is 2. The number of carbonyl (C=O) groups is 1. The normalized spacial score (nSPS) is 23.5. The van der Waals surface area contributed by atoms with Crippen LogP contribution in [-0.2, 0) is 4.74 Å². The molecule has 0 aliphatic carbocycles. The molecule has 0 spiro atoms. The SMILES string of the molecule is Cc1cccc(-c2ccc(F)c(Cl)c2)c1NC(=O)OCC1CC2CCC(C1)N2. The van der Waals surface area contributed by atoms with Crippen molar-refractivity contribution in [3.8, 4) is 11.1 Å². The van der Waals surface area contributed by atoms with Crippen molar-refractivity contribution in [1.82, 2.24) is 5.32 Å². The zero-order valence-corrected chi connectivity index (χ0v) is 16.6. The van der Waals surface area contributed by atoms with Gasteiger partial charge in [-0.2, -0.15) is 0 Å². The molecule has 2 aliphatic rings. The highest BCUT2D eigenvalue weighted by Crippen LogP contribution is 2.34. The maximum Gasteiger partial charge on any atom is 0.411 e. The van der Waals surface area contributed by atoms with Crippen molar-refractivity contribution >= 4 is 23.4 Å². The van der Waals surface area contributed by atoms with Crippen molar-refractivity contribution in [1.29, 1.82) is 0 Å². The smallest absolute Gasteiger partial charge is 0.411 e. The zero-order chi connectivity index (χ0) is 19.7. The topological polar surface area (TPSA) is 50.4 Å². The van der Waals surface area contributed by atoms with E-state index in [4.69, 9.17) is 16.3 Å². The number of aryl methyl sites for hydroxylation is 1. The van der Waals surface area contributed by atoms with E-state index in [-0.39, 0.29) is 5.02 Å². The van der Waals surface area contributed by atoms with Gasteiger partial charge in [0.2, 0.25) is 0 Å². The van der Waals surface area contributed by atoms with Crippen LogP contribution >= 0.6 is 11.6 Å². The number of benzene rings is 2. The van der Waals surface area contributed by atoms with E-state index in [0.717, 1.165) is 29.5 Å². The molecular weight excluding hydrogens is 379 g/mol. The Kier molecular flexibility index (Phi) is 5.56. The predicted octanol–water partition coefficient (Wildman–Crippen LogP) is 5.53.